The molecular weight excluding hydrogens is 412 g/mol. The van der Waals surface area contributed by atoms with Crippen LogP contribution in [0.3, 0.4) is 0 Å². The van der Waals surface area contributed by atoms with Crippen molar-refractivity contribution in [1.29, 1.82) is 0 Å². The largest absolute Gasteiger partial charge is 0.342 e. The predicted octanol–water partition coefficient (Wildman–Crippen LogP) is 6.69. The van der Waals surface area contributed by atoms with Crippen LogP contribution < -0.4 is 5.32 Å². The van der Waals surface area contributed by atoms with E-state index >= 15 is 0 Å². The molecule has 1 N–H and O–H groups in total. The van der Waals surface area contributed by atoms with Crippen molar-refractivity contribution >= 4 is 45.9 Å². The SMILES string of the molecule is Cc1ccc(NC(=O)CSc2cn(Cc3ccccc3Cl)c3ccccc23)c(C)c1. The van der Waals surface area contributed by atoms with Crippen LogP contribution in [0.1, 0.15) is 16.7 Å². The summed E-state index contributed by atoms with van der Waals surface area (Å²) >= 11 is 7.92. The van der Waals surface area contributed by atoms with E-state index in [1.165, 1.54) is 5.56 Å². The molecule has 1 heterocycles. The fraction of sp³-hybridized carbons (Fsp3) is 0.160. The van der Waals surface area contributed by atoms with Crippen molar-refractivity contribution in [1.82, 2.24) is 4.57 Å². The molecule has 0 radical (unpaired) electrons. The fourth-order valence-corrected chi connectivity index (χ4v) is 4.64. The summed E-state index contributed by atoms with van der Waals surface area (Å²) in [6, 6.07) is 22.2. The number of nitrogens with one attached hydrogen (secondary N) is 1. The Labute approximate surface area is 186 Å². The van der Waals surface area contributed by atoms with Crippen LogP contribution in [0.15, 0.2) is 77.8 Å². The minimum absolute atomic E-state index is 0.00473. The standard InChI is InChI=1S/C25H23ClN2OS/c1-17-11-12-22(18(2)13-17)27-25(29)16-30-24-15-28(23-10-6-4-8-20(23)24)14-19-7-3-5-9-21(19)26/h3-13,15H,14,16H2,1-2H3,(H,27,29). The van der Waals surface area contributed by atoms with Gasteiger partial charge in [-0.05, 0) is 43.2 Å². The number of thioether (sulfide) groups is 1. The second-order valence-corrected chi connectivity index (χ2v) is 8.81. The van der Waals surface area contributed by atoms with Crippen molar-refractivity contribution in [3.05, 3.63) is 94.6 Å². The first-order valence-electron chi connectivity index (χ1n) is 9.82. The lowest BCUT2D eigenvalue weighted by molar-refractivity contribution is -0.113. The minimum atomic E-state index is -0.00473. The molecule has 30 heavy (non-hydrogen) atoms. The van der Waals surface area contributed by atoms with Gasteiger partial charge in [-0.2, -0.15) is 0 Å². The van der Waals surface area contributed by atoms with E-state index in [1.54, 1.807) is 11.8 Å². The number of aromatic nitrogens is 1. The van der Waals surface area contributed by atoms with Gasteiger partial charge in [0.15, 0.2) is 0 Å². The van der Waals surface area contributed by atoms with Gasteiger partial charge in [0, 0.05) is 39.3 Å². The number of carbonyl (C=O) groups is 1. The van der Waals surface area contributed by atoms with Gasteiger partial charge < -0.3 is 9.88 Å². The number of anilines is 1. The minimum Gasteiger partial charge on any atom is -0.342 e. The Bertz CT molecular complexity index is 1210. The molecule has 0 bridgehead atoms. The highest BCUT2D eigenvalue weighted by atomic mass is 35.5. The normalized spacial score (nSPS) is 11.0. The maximum atomic E-state index is 12.5. The Morgan fingerprint density at radius 2 is 1.80 bits per heavy atom. The smallest absolute Gasteiger partial charge is 0.234 e. The molecule has 0 spiro atoms. The number of rotatable bonds is 6. The number of hydrogen-bond donors (Lipinski definition) is 1. The van der Waals surface area contributed by atoms with E-state index in [9.17, 15) is 4.79 Å². The molecule has 1 amide bonds. The van der Waals surface area contributed by atoms with Gasteiger partial charge in [-0.1, -0.05) is 65.7 Å². The van der Waals surface area contributed by atoms with E-state index < -0.39 is 0 Å². The van der Waals surface area contributed by atoms with Crippen molar-refractivity contribution in [2.24, 2.45) is 0 Å². The number of carbonyl (C=O) groups excluding carboxylic acids is 1. The highest BCUT2D eigenvalue weighted by molar-refractivity contribution is 8.00. The molecule has 0 unspecified atom stereocenters. The zero-order valence-corrected chi connectivity index (χ0v) is 18.6. The zero-order valence-electron chi connectivity index (χ0n) is 17.0. The van der Waals surface area contributed by atoms with Gasteiger partial charge in [0.05, 0.1) is 5.75 Å². The van der Waals surface area contributed by atoms with E-state index in [4.69, 9.17) is 11.6 Å². The molecule has 3 aromatic carbocycles. The summed E-state index contributed by atoms with van der Waals surface area (Å²) in [5.74, 6) is 0.350. The summed E-state index contributed by atoms with van der Waals surface area (Å²) in [7, 11) is 0. The van der Waals surface area contributed by atoms with Gasteiger partial charge in [-0.25, -0.2) is 0 Å². The molecule has 152 valence electrons. The number of fused-ring (bicyclic) bond motifs is 1. The van der Waals surface area contributed by atoms with E-state index in [0.717, 1.165) is 37.6 Å². The fourth-order valence-electron chi connectivity index (χ4n) is 3.55. The lowest BCUT2D eigenvalue weighted by Crippen LogP contribution is -2.14. The molecular formula is C25H23ClN2OS. The third kappa shape index (κ3) is 4.55. The predicted molar refractivity (Wildman–Crippen MR) is 128 cm³/mol. The van der Waals surface area contributed by atoms with Crippen LogP contribution in [0.4, 0.5) is 5.69 Å². The molecule has 5 heteroatoms. The second-order valence-electron chi connectivity index (χ2n) is 7.39. The van der Waals surface area contributed by atoms with Crippen LogP contribution in [-0.2, 0) is 11.3 Å². The van der Waals surface area contributed by atoms with Crippen LogP contribution in [-0.4, -0.2) is 16.2 Å². The molecule has 0 atom stereocenters. The van der Waals surface area contributed by atoms with Crippen LogP contribution in [0.5, 0.6) is 0 Å². The van der Waals surface area contributed by atoms with Crippen molar-refractivity contribution in [3.63, 3.8) is 0 Å². The molecule has 0 aliphatic carbocycles. The molecule has 1 aromatic heterocycles. The lowest BCUT2D eigenvalue weighted by Gasteiger charge is -2.09. The monoisotopic (exact) mass is 434 g/mol. The van der Waals surface area contributed by atoms with Gasteiger partial charge >= 0.3 is 0 Å². The van der Waals surface area contributed by atoms with Crippen molar-refractivity contribution in [2.75, 3.05) is 11.1 Å². The number of halogens is 1. The quantitative estimate of drug-likeness (QED) is 0.343. The number of amides is 1. The Morgan fingerprint density at radius 3 is 2.60 bits per heavy atom. The van der Waals surface area contributed by atoms with E-state index in [2.05, 4.69) is 34.3 Å². The van der Waals surface area contributed by atoms with Crippen LogP contribution in [0.25, 0.3) is 10.9 Å². The number of nitrogens with zero attached hydrogens (tertiary/aromatic N) is 1. The molecule has 0 aliphatic heterocycles. The van der Waals surface area contributed by atoms with Crippen LogP contribution in [0, 0.1) is 13.8 Å². The van der Waals surface area contributed by atoms with Crippen molar-refractivity contribution in [2.45, 2.75) is 25.3 Å². The Kier molecular flexibility index (Phi) is 6.16. The van der Waals surface area contributed by atoms with Gasteiger partial charge in [0.25, 0.3) is 0 Å². The summed E-state index contributed by atoms with van der Waals surface area (Å²) in [5, 5.41) is 4.93. The van der Waals surface area contributed by atoms with Crippen molar-refractivity contribution in [3.8, 4) is 0 Å². The highest BCUT2D eigenvalue weighted by Crippen LogP contribution is 2.31. The van der Waals surface area contributed by atoms with Gasteiger partial charge in [0.1, 0.15) is 0 Å². The Balaban J connectivity index is 1.51. The number of benzene rings is 3. The molecule has 0 aliphatic rings. The first kappa shape index (κ1) is 20.6. The van der Waals surface area contributed by atoms with E-state index in [1.807, 2.05) is 62.4 Å². The zero-order chi connectivity index (χ0) is 21.1. The molecule has 0 saturated carbocycles. The lowest BCUT2D eigenvalue weighted by atomic mass is 10.1. The van der Waals surface area contributed by atoms with Crippen molar-refractivity contribution < 1.29 is 4.79 Å². The second kappa shape index (κ2) is 8.99. The van der Waals surface area contributed by atoms with Gasteiger partial charge in [-0.3, -0.25) is 4.79 Å². The van der Waals surface area contributed by atoms with E-state index in [-0.39, 0.29) is 5.91 Å². The number of para-hydroxylation sites is 1. The third-order valence-corrected chi connectivity index (χ3v) is 6.48. The molecule has 0 fully saturated rings. The molecule has 4 rings (SSSR count). The first-order chi connectivity index (χ1) is 14.5. The van der Waals surface area contributed by atoms with Gasteiger partial charge in [0.2, 0.25) is 5.91 Å². The average Bonchev–Trinajstić information content (AvgIpc) is 3.08. The maximum Gasteiger partial charge on any atom is 0.234 e. The van der Waals surface area contributed by atoms with E-state index in [0.29, 0.717) is 12.3 Å². The molecule has 0 saturated heterocycles. The third-order valence-electron chi connectivity index (χ3n) is 5.07. The van der Waals surface area contributed by atoms with Gasteiger partial charge in [-0.15, -0.1) is 11.8 Å². The summed E-state index contributed by atoms with van der Waals surface area (Å²) in [4.78, 5) is 13.6. The molecule has 3 nitrogen and oxygen atoms in total. The summed E-state index contributed by atoms with van der Waals surface area (Å²) in [5.41, 5.74) is 5.34. The Hall–Kier alpha value is -2.69. The Morgan fingerprint density at radius 1 is 1.03 bits per heavy atom. The first-order valence-corrected chi connectivity index (χ1v) is 11.2. The van der Waals surface area contributed by atoms with Crippen LogP contribution in [0.2, 0.25) is 5.02 Å². The average molecular weight is 435 g/mol. The summed E-state index contributed by atoms with van der Waals surface area (Å²) < 4.78 is 2.20. The maximum absolute atomic E-state index is 12.5. The summed E-state index contributed by atoms with van der Waals surface area (Å²) in [6.45, 7) is 4.75. The topological polar surface area (TPSA) is 34.0 Å². The number of aryl methyl sites for hydroxylation is 2. The summed E-state index contributed by atoms with van der Waals surface area (Å²) in [6.07, 6.45) is 2.11. The molecule has 4 aromatic rings. The van der Waals surface area contributed by atoms with Crippen LogP contribution >= 0.6 is 23.4 Å². The highest BCUT2D eigenvalue weighted by Gasteiger charge is 2.12. The number of hydrogen-bond acceptors (Lipinski definition) is 2.